The summed E-state index contributed by atoms with van der Waals surface area (Å²) < 4.78 is 29.9. The quantitative estimate of drug-likeness (QED) is 0.202. The molecule has 4 aromatic rings. The van der Waals surface area contributed by atoms with E-state index in [9.17, 15) is 8.78 Å². The zero-order chi connectivity index (χ0) is 27.1. The van der Waals surface area contributed by atoms with E-state index in [0.29, 0.717) is 37.3 Å². The molecule has 0 aliphatic heterocycles. The fraction of sp³-hybridized carbons (Fsp3) is 0.273. The number of hydrogen-bond donors (Lipinski definition) is 4. The van der Waals surface area contributed by atoms with Gasteiger partial charge in [0.05, 0.1) is 0 Å². The van der Waals surface area contributed by atoms with Crippen LogP contribution in [0.2, 0.25) is 0 Å². The lowest BCUT2D eigenvalue weighted by atomic mass is 9.92. The highest BCUT2D eigenvalue weighted by molar-refractivity contribution is 5.78. The van der Waals surface area contributed by atoms with Gasteiger partial charge in [-0.1, -0.05) is 43.8 Å². The van der Waals surface area contributed by atoms with E-state index in [0.717, 1.165) is 70.2 Å². The molecule has 0 amide bonds. The van der Waals surface area contributed by atoms with Crippen LogP contribution in [0.4, 0.5) is 8.78 Å². The molecule has 0 spiro atoms. The van der Waals surface area contributed by atoms with E-state index in [1.165, 1.54) is 24.3 Å². The molecule has 0 aromatic heterocycles. The molecule has 206 valence electrons. The molecule has 0 bridgehead atoms. The van der Waals surface area contributed by atoms with Gasteiger partial charge in [-0.15, -0.1) is 0 Å². The predicted molar refractivity (Wildman–Crippen MR) is 160 cm³/mol. The molecule has 4 nitrogen and oxygen atoms in total. The van der Waals surface area contributed by atoms with E-state index < -0.39 is 0 Å². The van der Waals surface area contributed by atoms with Gasteiger partial charge in [-0.2, -0.15) is 0 Å². The van der Waals surface area contributed by atoms with Gasteiger partial charge in [-0.25, -0.2) is 8.78 Å². The average Bonchev–Trinajstić information content (AvgIpc) is 2.88. The van der Waals surface area contributed by atoms with E-state index in [-0.39, 0.29) is 19.1 Å². The topological polar surface area (TPSA) is 104 Å². The lowest BCUT2D eigenvalue weighted by Crippen LogP contribution is -2.06. The lowest BCUT2D eigenvalue weighted by Gasteiger charge is -2.13. The summed E-state index contributed by atoms with van der Waals surface area (Å²) in [5, 5.41) is 0. The molecule has 0 unspecified atom stereocenters. The van der Waals surface area contributed by atoms with Gasteiger partial charge in [0.15, 0.2) is 0 Å². The van der Waals surface area contributed by atoms with Crippen LogP contribution < -0.4 is 22.9 Å². The van der Waals surface area contributed by atoms with Crippen molar-refractivity contribution in [3.8, 4) is 33.4 Å². The van der Waals surface area contributed by atoms with E-state index in [4.69, 9.17) is 22.9 Å². The highest BCUT2D eigenvalue weighted by atomic mass is 19.1. The van der Waals surface area contributed by atoms with Crippen LogP contribution in [0.5, 0.6) is 0 Å². The Morgan fingerprint density at radius 3 is 0.821 bits per heavy atom. The van der Waals surface area contributed by atoms with Gasteiger partial charge >= 0.3 is 0 Å². The molecule has 4 aromatic carbocycles. The Morgan fingerprint density at radius 1 is 0.359 bits per heavy atom. The van der Waals surface area contributed by atoms with Crippen molar-refractivity contribution in [2.24, 2.45) is 22.9 Å². The lowest BCUT2D eigenvalue weighted by molar-refractivity contribution is 0.626. The third-order valence-electron chi connectivity index (χ3n) is 6.63. The first-order valence-corrected chi connectivity index (χ1v) is 13.1. The van der Waals surface area contributed by atoms with Crippen molar-refractivity contribution >= 4 is 0 Å². The highest BCUT2D eigenvalue weighted by Crippen LogP contribution is 2.33. The van der Waals surface area contributed by atoms with E-state index >= 15 is 0 Å². The molecule has 0 radical (unpaired) electrons. The maximum absolute atomic E-state index is 14.9. The Hall–Kier alpha value is -3.42. The van der Waals surface area contributed by atoms with E-state index in [2.05, 4.69) is 12.1 Å². The second kappa shape index (κ2) is 14.1. The monoisotopic (exact) mass is 530 g/mol. The summed E-state index contributed by atoms with van der Waals surface area (Å²) in [4.78, 5) is 0. The van der Waals surface area contributed by atoms with Crippen LogP contribution in [-0.2, 0) is 25.7 Å². The largest absolute Gasteiger partial charge is 0.330 e. The fourth-order valence-electron chi connectivity index (χ4n) is 4.95. The van der Waals surface area contributed by atoms with Crippen molar-refractivity contribution < 1.29 is 8.78 Å². The minimum Gasteiger partial charge on any atom is -0.330 e. The van der Waals surface area contributed by atoms with Gasteiger partial charge in [0.25, 0.3) is 0 Å². The Morgan fingerprint density at radius 2 is 0.590 bits per heavy atom. The molecule has 0 saturated carbocycles. The average molecular weight is 531 g/mol. The maximum Gasteiger partial charge on any atom is 0.124 e. The summed E-state index contributed by atoms with van der Waals surface area (Å²) in [5.74, 6) is -0.772. The Balaban J connectivity index is 0.00000420. The third kappa shape index (κ3) is 7.80. The summed E-state index contributed by atoms with van der Waals surface area (Å²) in [5.41, 5.74) is 31.9. The summed E-state index contributed by atoms with van der Waals surface area (Å²) in [7, 11) is 0. The van der Waals surface area contributed by atoms with Gasteiger partial charge in [0, 0.05) is 0 Å². The van der Waals surface area contributed by atoms with Crippen molar-refractivity contribution in [2.45, 2.75) is 33.1 Å². The number of hydrogen-bond acceptors (Lipinski definition) is 4. The minimum atomic E-state index is -0.386. The van der Waals surface area contributed by atoms with Crippen molar-refractivity contribution in [1.29, 1.82) is 0 Å². The van der Waals surface area contributed by atoms with Gasteiger partial charge < -0.3 is 22.9 Å². The zero-order valence-corrected chi connectivity index (χ0v) is 21.7. The molecule has 0 heterocycles. The Labute approximate surface area is 231 Å². The molecular formula is C33H40F2N4. The Bertz CT molecular complexity index is 1250. The number of nitrogens with two attached hydrogens (primary N) is 4. The zero-order valence-electron chi connectivity index (χ0n) is 21.7. The van der Waals surface area contributed by atoms with Crippen LogP contribution in [0.15, 0.2) is 72.8 Å². The normalized spacial score (nSPS) is 10.9. The number of benzene rings is 4. The number of halogens is 2. The smallest absolute Gasteiger partial charge is 0.124 e. The van der Waals surface area contributed by atoms with Crippen molar-refractivity contribution in [3.05, 3.63) is 107 Å². The van der Waals surface area contributed by atoms with Crippen LogP contribution in [0.3, 0.4) is 0 Å². The highest BCUT2D eigenvalue weighted by Gasteiger charge is 2.12. The van der Waals surface area contributed by atoms with Crippen molar-refractivity contribution in [2.75, 3.05) is 26.2 Å². The Kier molecular flexibility index (Phi) is 10.9. The van der Waals surface area contributed by atoms with E-state index in [1.807, 2.05) is 36.4 Å². The van der Waals surface area contributed by atoms with Crippen LogP contribution in [-0.4, -0.2) is 26.2 Å². The molecule has 0 saturated heterocycles. The number of rotatable bonds is 11. The first-order valence-electron chi connectivity index (χ1n) is 13.1. The van der Waals surface area contributed by atoms with Gasteiger partial charge in [0.1, 0.15) is 11.6 Å². The van der Waals surface area contributed by atoms with Gasteiger partial charge in [-0.3, -0.25) is 0 Å². The van der Waals surface area contributed by atoms with E-state index in [1.54, 1.807) is 0 Å². The molecule has 0 atom stereocenters. The molecule has 4 rings (SSSR count). The minimum absolute atomic E-state index is 0. The predicted octanol–water partition coefficient (Wildman–Crippen LogP) is 5.61. The summed E-state index contributed by atoms with van der Waals surface area (Å²) >= 11 is 0. The molecule has 39 heavy (non-hydrogen) atoms. The maximum atomic E-state index is 14.9. The second-order valence-electron chi connectivity index (χ2n) is 9.69. The first-order chi connectivity index (χ1) is 18.4. The van der Waals surface area contributed by atoms with Crippen LogP contribution in [0.1, 0.15) is 29.7 Å². The first kappa shape index (κ1) is 30.1. The van der Waals surface area contributed by atoms with Gasteiger partial charge in [0.2, 0.25) is 0 Å². The molecular weight excluding hydrogens is 490 g/mol. The van der Waals surface area contributed by atoms with Crippen LogP contribution in [0.25, 0.3) is 33.4 Å². The molecule has 0 fully saturated rings. The van der Waals surface area contributed by atoms with Crippen LogP contribution in [0, 0.1) is 11.6 Å². The van der Waals surface area contributed by atoms with Gasteiger partial charge in [-0.05, 0) is 144 Å². The standard InChI is InChI=1S/C32H36F2N4.CH4/c33-31-17-27(25-11-21(1-5-35)9-22(12-25)2-6-36)15-29(19-31)30-16-28(18-32(34)20-30)26-13-23(3-7-37)10-24(14-26)4-8-38;/h9-20H,1-8,35-38H2;1H4. The molecule has 0 aliphatic carbocycles. The molecule has 6 heteroatoms. The fourth-order valence-corrected chi connectivity index (χ4v) is 4.95. The molecule has 8 N–H and O–H groups in total. The summed E-state index contributed by atoms with van der Waals surface area (Å²) in [6.45, 7) is 2.08. The summed E-state index contributed by atoms with van der Waals surface area (Å²) in [6.07, 6.45) is 2.87. The molecule has 0 aliphatic rings. The second-order valence-corrected chi connectivity index (χ2v) is 9.69. The third-order valence-corrected chi connectivity index (χ3v) is 6.63. The van der Waals surface area contributed by atoms with Crippen molar-refractivity contribution in [3.63, 3.8) is 0 Å². The SMILES string of the molecule is C.NCCc1cc(CCN)cc(-c2cc(F)cc(-c3cc(F)cc(-c4cc(CCN)cc(CCN)c4)c3)c2)c1. The summed E-state index contributed by atoms with van der Waals surface area (Å²) in [6, 6.07) is 22.0. The van der Waals surface area contributed by atoms with Crippen molar-refractivity contribution in [1.82, 2.24) is 0 Å². The van der Waals surface area contributed by atoms with Crippen LogP contribution >= 0.6 is 0 Å².